The van der Waals surface area contributed by atoms with Gasteiger partial charge in [0.25, 0.3) is 0 Å². The van der Waals surface area contributed by atoms with E-state index in [-0.39, 0.29) is 0 Å². The Morgan fingerprint density at radius 2 is 1.87 bits per heavy atom. The summed E-state index contributed by atoms with van der Waals surface area (Å²) in [5.74, 6) is 0.779. The molecule has 4 aromatic rings. The fourth-order valence-electron chi connectivity index (χ4n) is 3.18. The van der Waals surface area contributed by atoms with Crippen molar-refractivity contribution < 1.29 is 4.52 Å². The van der Waals surface area contributed by atoms with Crippen LogP contribution in [0.15, 0.2) is 33.1 Å². The second kappa shape index (κ2) is 8.38. The minimum absolute atomic E-state index is 0.414. The number of nitrogens with zero attached hydrogens (tertiary/aromatic N) is 4. The fraction of sp³-hybridized carbons (Fsp3) is 0.286. The highest BCUT2D eigenvalue weighted by atomic mass is 35.5. The highest BCUT2D eigenvalue weighted by Crippen LogP contribution is 2.41. The van der Waals surface area contributed by atoms with Crippen LogP contribution in [0.2, 0.25) is 10.0 Å². The lowest BCUT2D eigenvalue weighted by Gasteiger charge is -2.05. The van der Waals surface area contributed by atoms with Crippen LogP contribution < -0.4 is 0 Å². The van der Waals surface area contributed by atoms with E-state index in [9.17, 15) is 0 Å². The van der Waals surface area contributed by atoms with Gasteiger partial charge in [-0.05, 0) is 32.9 Å². The molecule has 5 nitrogen and oxygen atoms in total. The molecule has 0 saturated heterocycles. The molecule has 156 valence electrons. The summed E-state index contributed by atoms with van der Waals surface area (Å²) in [7, 11) is 0. The zero-order valence-corrected chi connectivity index (χ0v) is 20.3. The Kier molecular flexibility index (Phi) is 5.99. The van der Waals surface area contributed by atoms with Gasteiger partial charge in [0, 0.05) is 22.6 Å². The fourth-order valence-corrected chi connectivity index (χ4v) is 5.93. The molecule has 3 aromatic heterocycles. The molecule has 0 N–H and O–H groups in total. The number of halogens is 2. The van der Waals surface area contributed by atoms with Crippen molar-refractivity contribution in [1.82, 2.24) is 19.9 Å². The predicted molar refractivity (Wildman–Crippen MR) is 125 cm³/mol. The summed E-state index contributed by atoms with van der Waals surface area (Å²) in [6.07, 6.45) is 1.99. The van der Waals surface area contributed by atoms with E-state index in [2.05, 4.69) is 19.0 Å². The maximum Gasteiger partial charge on any atom is 0.211 e. The Hall–Kier alpha value is -1.80. The Morgan fingerprint density at radius 3 is 2.50 bits per heavy atom. The molecule has 0 unspecified atom stereocenters. The van der Waals surface area contributed by atoms with Gasteiger partial charge in [0.1, 0.15) is 5.76 Å². The predicted octanol–water partition coefficient (Wildman–Crippen LogP) is 7.38. The third-order valence-corrected chi connectivity index (χ3v) is 7.51. The Labute approximate surface area is 193 Å². The quantitative estimate of drug-likeness (QED) is 0.280. The molecular weight excluding hydrogens is 459 g/mol. The second-order valence-electron chi connectivity index (χ2n) is 7.20. The highest BCUT2D eigenvalue weighted by Gasteiger charge is 2.21. The van der Waals surface area contributed by atoms with Crippen molar-refractivity contribution in [1.29, 1.82) is 0 Å². The largest absolute Gasteiger partial charge is 0.361 e. The zero-order chi connectivity index (χ0) is 21.6. The molecule has 0 radical (unpaired) electrons. The van der Waals surface area contributed by atoms with Gasteiger partial charge < -0.3 is 4.52 Å². The van der Waals surface area contributed by atoms with Gasteiger partial charge in [0.05, 0.1) is 36.9 Å². The molecule has 0 spiro atoms. The van der Waals surface area contributed by atoms with E-state index in [0.717, 1.165) is 48.9 Å². The minimum atomic E-state index is 0.414. The summed E-state index contributed by atoms with van der Waals surface area (Å²) in [6.45, 7) is 10.2. The third kappa shape index (κ3) is 4.04. The summed E-state index contributed by atoms with van der Waals surface area (Å²) >= 11 is 15.8. The maximum absolute atomic E-state index is 6.26. The van der Waals surface area contributed by atoms with Crippen molar-refractivity contribution >= 4 is 46.3 Å². The van der Waals surface area contributed by atoms with Crippen molar-refractivity contribution in [3.8, 4) is 27.5 Å². The average molecular weight is 479 g/mol. The average Bonchev–Trinajstić information content (AvgIpc) is 3.35. The van der Waals surface area contributed by atoms with Crippen LogP contribution in [0, 0.1) is 20.8 Å². The van der Waals surface area contributed by atoms with Gasteiger partial charge >= 0.3 is 0 Å². The van der Waals surface area contributed by atoms with E-state index in [0.29, 0.717) is 15.3 Å². The van der Waals surface area contributed by atoms with Crippen LogP contribution in [0.25, 0.3) is 27.5 Å². The van der Waals surface area contributed by atoms with E-state index in [4.69, 9.17) is 37.8 Å². The van der Waals surface area contributed by atoms with Crippen molar-refractivity contribution in [2.24, 2.45) is 0 Å². The normalized spacial score (nSPS) is 11.6. The van der Waals surface area contributed by atoms with E-state index >= 15 is 0 Å². The van der Waals surface area contributed by atoms with E-state index < -0.39 is 0 Å². The molecule has 9 heteroatoms. The van der Waals surface area contributed by atoms with Crippen molar-refractivity contribution in [2.45, 2.75) is 44.1 Å². The first-order valence-electron chi connectivity index (χ1n) is 9.37. The Balaban J connectivity index is 1.81. The van der Waals surface area contributed by atoms with Crippen molar-refractivity contribution in [3.63, 3.8) is 0 Å². The molecule has 4 rings (SSSR count). The Bertz CT molecular complexity index is 1210. The molecular formula is C21H20Cl2N4OS2. The van der Waals surface area contributed by atoms with Gasteiger partial charge in [-0.25, -0.2) is 9.67 Å². The minimum Gasteiger partial charge on any atom is -0.361 e. The number of thioether (sulfide) groups is 1. The smallest absolute Gasteiger partial charge is 0.211 e. The number of aromatic nitrogens is 4. The van der Waals surface area contributed by atoms with Crippen LogP contribution in [0.3, 0.4) is 0 Å². The third-order valence-electron chi connectivity index (χ3n) is 4.52. The van der Waals surface area contributed by atoms with Crippen LogP contribution in [0.5, 0.6) is 0 Å². The van der Waals surface area contributed by atoms with Gasteiger partial charge in [-0.3, -0.25) is 0 Å². The van der Waals surface area contributed by atoms with Crippen LogP contribution in [-0.2, 0) is 0 Å². The molecule has 30 heavy (non-hydrogen) atoms. The van der Waals surface area contributed by atoms with Crippen LogP contribution in [-0.4, -0.2) is 25.2 Å². The van der Waals surface area contributed by atoms with Gasteiger partial charge in [0.2, 0.25) is 5.13 Å². The number of thiazole rings is 1. The number of rotatable bonds is 5. The zero-order valence-electron chi connectivity index (χ0n) is 17.2. The standard InChI is InChI=1S/C21H20Cl2N4OS2/c1-10(2)29-20-19(14-6-7-16(22)17(23)8-14)24-21(30-20)27-9-15(11(3)25-27)18-12(4)26-28-13(18)5/h6-10H,1-5H3. The Morgan fingerprint density at radius 1 is 1.10 bits per heavy atom. The highest BCUT2D eigenvalue weighted by molar-refractivity contribution is 8.01. The van der Waals surface area contributed by atoms with Crippen LogP contribution in [0.1, 0.15) is 31.0 Å². The molecule has 0 amide bonds. The summed E-state index contributed by atoms with van der Waals surface area (Å²) < 4.78 is 8.28. The summed E-state index contributed by atoms with van der Waals surface area (Å²) in [5.41, 5.74) is 5.55. The molecule has 3 heterocycles. The summed E-state index contributed by atoms with van der Waals surface area (Å²) in [6, 6.07) is 5.60. The number of benzene rings is 1. The topological polar surface area (TPSA) is 56.7 Å². The number of aryl methyl sites for hydroxylation is 3. The molecule has 0 aliphatic heterocycles. The second-order valence-corrected chi connectivity index (χ2v) is 10.8. The lowest BCUT2D eigenvalue weighted by molar-refractivity contribution is 0.393. The maximum atomic E-state index is 6.26. The molecule has 0 aliphatic carbocycles. The van der Waals surface area contributed by atoms with Gasteiger partial charge in [-0.2, -0.15) is 5.10 Å². The van der Waals surface area contributed by atoms with Crippen LogP contribution >= 0.6 is 46.3 Å². The van der Waals surface area contributed by atoms with Gasteiger partial charge in [-0.1, -0.05) is 59.6 Å². The lowest BCUT2D eigenvalue weighted by Crippen LogP contribution is -1.94. The molecule has 1 aromatic carbocycles. The molecule has 0 atom stereocenters. The van der Waals surface area contributed by atoms with Crippen molar-refractivity contribution in [3.05, 3.63) is 51.6 Å². The monoisotopic (exact) mass is 478 g/mol. The van der Waals surface area contributed by atoms with Crippen molar-refractivity contribution in [2.75, 3.05) is 0 Å². The van der Waals surface area contributed by atoms with E-state index in [1.165, 1.54) is 0 Å². The number of hydrogen-bond donors (Lipinski definition) is 0. The van der Waals surface area contributed by atoms with Crippen LogP contribution in [0.4, 0.5) is 0 Å². The van der Waals surface area contributed by atoms with E-state index in [1.54, 1.807) is 29.2 Å². The molecule has 0 bridgehead atoms. The number of hydrogen-bond acceptors (Lipinski definition) is 6. The summed E-state index contributed by atoms with van der Waals surface area (Å²) in [5, 5.41) is 11.0. The molecule has 0 saturated carbocycles. The van der Waals surface area contributed by atoms with E-state index in [1.807, 2.05) is 43.8 Å². The molecule has 0 aliphatic rings. The molecule has 0 fully saturated rings. The lowest BCUT2D eigenvalue weighted by atomic mass is 10.1. The van der Waals surface area contributed by atoms with Gasteiger partial charge in [-0.15, -0.1) is 11.8 Å². The SMILES string of the molecule is Cc1nn(-c2nc(-c3ccc(Cl)c(Cl)c3)c(SC(C)C)s2)cc1-c1c(C)noc1C. The first kappa shape index (κ1) is 21.4. The van der Waals surface area contributed by atoms with Gasteiger partial charge in [0.15, 0.2) is 0 Å². The summed E-state index contributed by atoms with van der Waals surface area (Å²) in [4.78, 5) is 4.91. The first-order valence-corrected chi connectivity index (χ1v) is 11.8. The first-order chi connectivity index (χ1) is 14.2.